The van der Waals surface area contributed by atoms with E-state index < -0.39 is 0 Å². The number of thioether (sulfide) groups is 1. The van der Waals surface area contributed by atoms with Crippen molar-refractivity contribution in [2.75, 3.05) is 29.9 Å². The zero-order chi connectivity index (χ0) is 13.0. The van der Waals surface area contributed by atoms with Gasteiger partial charge in [-0.3, -0.25) is 4.79 Å². The van der Waals surface area contributed by atoms with E-state index in [-0.39, 0.29) is 11.0 Å². The SMILES string of the molecule is NC(=S)Nc1ccccc1C(=O)N1CCSCC1. The number of nitrogens with one attached hydrogen (secondary N) is 1. The van der Waals surface area contributed by atoms with Crippen molar-refractivity contribution < 1.29 is 4.79 Å². The maximum absolute atomic E-state index is 12.4. The van der Waals surface area contributed by atoms with Gasteiger partial charge in [0.05, 0.1) is 11.3 Å². The van der Waals surface area contributed by atoms with Crippen molar-refractivity contribution in [3.05, 3.63) is 29.8 Å². The van der Waals surface area contributed by atoms with Crippen molar-refractivity contribution >= 4 is 40.7 Å². The molecule has 18 heavy (non-hydrogen) atoms. The van der Waals surface area contributed by atoms with Crippen LogP contribution in [0.5, 0.6) is 0 Å². The lowest BCUT2D eigenvalue weighted by Crippen LogP contribution is -2.38. The summed E-state index contributed by atoms with van der Waals surface area (Å²) in [5.41, 5.74) is 6.76. The van der Waals surface area contributed by atoms with E-state index in [0.29, 0.717) is 11.3 Å². The molecule has 0 atom stereocenters. The molecule has 3 N–H and O–H groups in total. The monoisotopic (exact) mass is 281 g/mol. The normalized spacial score (nSPS) is 15.2. The van der Waals surface area contributed by atoms with Gasteiger partial charge in [-0.25, -0.2) is 0 Å². The number of thiocarbonyl (C=S) groups is 1. The number of amides is 1. The third-order valence-electron chi connectivity index (χ3n) is 2.71. The molecule has 1 saturated heterocycles. The van der Waals surface area contributed by atoms with Gasteiger partial charge in [-0.2, -0.15) is 11.8 Å². The van der Waals surface area contributed by atoms with E-state index >= 15 is 0 Å². The van der Waals surface area contributed by atoms with E-state index in [1.807, 2.05) is 34.9 Å². The van der Waals surface area contributed by atoms with Crippen molar-refractivity contribution in [3.8, 4) is 0 Å². The number of para-hydroxylation sites is 1. The summed E-state index contributed by atoms with van der Waals surface area (Å²) in [6.07, 6.45) is 0. The second kappa shape index (κ2) is 6.06. The molecule has 0 unspecified atom stereocenters. The predicted octanol–water partition coefficient (Wildman–Crippen LogP) is 1.53. The number of hydrogen-bond donors (Lipinski definition) is 2. The molecule has 6 heteroatoms. The Labute approximate surface area is 116 Å². The van der Waals surface area contributed by atoms with Crippen LogP contribution in [-0.4, -0.2) is 40.5 Å². The summed E-state index contributed by atoms with van der Waals surface area (Å²) in [7, 11) is 0. The van der Waals surface area contributed by atoms with Crippen LogP contribution in [0.25, 0.3) is 0 Å². The van der Waals surface area contributed by atoms with Crippen LogP contribution < -0.4 is 11.1 Å². The second-order valence-electron chi connectivity index (χ2n) is 3.94. The highest BCUT2D eigenvalue weighted by Crippen LogP contribution is 2.19. The number of nitrogens with zero attached hydrogens (tertiary/aromatic N) is 1. The number of rotatable bonds is 2. The molecule has 4 nitrogen and oxygen atoms in total. The quantitative estimate of drug-likeness (QED) is 0.805. The molecule has 1 amide bonds. The minimum Gasteiger partial charge on any atom is -0.376 e. The fourth-order valence-corrected chi connectivity index (χ4v) is 2.86. The topological polar surface area (TPSA) is 58.4 Å². The number of benzene rings is 1. The predicted molar refractivity (Wildman–Crippen MR) is 80.1 cm³/mol. The van der Waals surface area contributed by atoms with Crippen LogP contribution in [0.3, 0.4) is 0 Å². The zero-order valence-corrected chi connectivity index (χ0v) is 11.5. The summed E-state index contributed by atoms with van der Waals surface area (Å²) >= 11 is 6.69. The first-order valence-corrected chi connectivity index (χ1v) is 7.27. The molecule has 0 aliphatic carbocycles. The van der Waals surface area contributed by atoms with Crippen LogP contribution in [0, 0.1) is 0 Å². The molecule has 0 bridgehead atoms. The van der Waals surface area contributed by atoms with Gasteiger partial charge in [0.2, 0.25) is 0 Å². The molecule has 0 aromatic heterocycles. The van der Waals surface area contributed by atoms with E-state index in [4.69, 9.17) is 18.0 Å². The molecule has 96 valence electrons. The molecular weight excluding hydrogens is 266 g/mol. The summed E-state index contributed by atoms with van der Waals surface area (Å²) in [6.45, 7) is 1.59. The van der Waals surface area contributed by atoms with Crippen LogP contribution >= 0.6 is 24.0 Å². The average Bonchev–Trinajstić information content (AvgIpc) is 2.39. The van der Waals surface area contributed by atoms with Crippen LogP contribution in [0.2, 0.25) is 0 Å². The Bertz CT molecular complexity index is 458. The van der Waals surface area contributed by atoms with E-state index in [1.165, 1.54) is 0 Å². The smallest absolute Gasteiger partial charge is 0.256 e. The van der Waals surface area contributed by atoms with Crippen molar-refractivity contribution in [3.63, 3.8) is 0 Å². The minimum atomic E-state index is 0.0367. The summed E-state index contributed by atoms with van der Waals surface area (Å²) in [4.78, 5) is 14.3. The zero-order valence-electron chi connectivity index (χ0n) is 9.89. The molecule has 1 fully saturated rings. The van der Waals surface area contributed by atoms with Gasteiger partial charge >= 0.3 is 0 Å². The van der Waals surface area contributed by atoms with Crippen LogP contribution in [0.1, 0.15) is 10.4 Å². The van der Waals surface area contributed by atoms with Crippen molar-refractivity contribution in [1.29, 1.82) is 0 Å². The Morgan fingerprint density at radius 3 is 2.67 bits per heavy atom. The largest absolute Gasteiger partial charge is 0.376 e. The van der Waals surface area contributed by atoms with Crippen LogP contribution in [0.4, 0.5) is 5.69 Å². The third-order valence-corrected chi connectivity index (χ3v) is 3.76. The number of carbonyl (C=O) groups is 1. The maximum atomic E-state index is 12.4. The number of carbonyl (C=O) groups excluding carboxylic acids is 1. The molecule has 1 aromatic carbocycles. The highest BCUT2D eigenvalue weighted by atomic mass is 32.2. The van der Waals surface area contributed by atoms with E-state index in [2.05, 4.69) is 5.32 Å². The molecule has 0 radical (unpaired) electrons. The van der Waals surface area contributed by atoms with Gasteiger partial charge in [0.1, 0.15) is 0 Å². The maximum Gasteiger partial charge on any atom is 0.256 e. The Morgan fingerprint density at radius 1 is 1.33 bits per heavy atom. The van der Waals surface area contributed by atoms with Gasteiger partial charge in [0.15, 0.2) is 5.11 Å². The Kier molecular flexibility index (Phi) is 4.43. The molecule has 1 aromatic rings. The van der Waals surface area contributed by atoms with E-state index in [9.17, 15) is 4.79 Å². The van der Waals surface area contributed by atoms with Crippen molar-refractivity contribution in [1.82, 2.24) is 4.90 Å². The Morgan fingerprint density at radius 2 is 2.00 bits per heavy atom. The number of anilines is 1. The van der Waals surface area contributed by atoms with Crippen LogP contribution in [0.15, 0.2) is 24.3 Å². The first-order valence-electron chi connectivity index (χ1n) is 5.71. The Balaban J connectivity index is 2.20. The lowest BCUT2D eigenvalue weighted by Gasteiger charge is -2.27. The first kappa shape index (κ1) is 13.2. The Hall–Kier alpha value is -1.27. The van der Waals surface area contributed by atoms with Gasteiger partial charge in [0.25, 0.3) is 5.91 Å². The van der Waals surface area contributed by atoms with E-state index in [0.717, 1.165) is 24.6 Å². The lowest BCUT2D eigenvalue weighted by atomic mass is 10.1. The fraction of sp³-hybridized carbons (Fsp3) is 0.333. The van der Waals surface area contributed by atoms with Gasteiger partial charge < -0.3 is 16.0 Å². The molecule has 1 heterocycles. The van der Waals surface area contributed by atoms with Crippen molar-refractivity contribution in [2.45, 2.75) is 0 Å². The highest BCUT2D eigenvalue weighted by Gasteiger charge is 2.20. The fourth-order valence-electron chi connectivity index (χ4n) is 1.85. The molecule has 1 aliphatic rings. The average molecular weight is 281 g/mol. The van der Waals surface area contributed by atoms with Crippen LogP contribution in [-0.2, 0) is 0 Å². The molecular formula is C12H15N3OS2. The third kappa shape index (κ3) is 3.14. The standard InChI is InChI=1S/C12H15N3OS2/c13-12(17)14-10-4-2-1-3-9(10)11(16)15-5-7-18-8-6-15/h1-4H,5-8H2,(H3,13,14,17). The summed E-state index contributed by atoms with van der Waals surface area (Å²) in [5.74, 6) is 2.03. The van der Waals surface area contributed by atoms with Crippen molar-refractivity contribution in [2.24, 2.45) is 5.73 Å². The van der Waals surface area contributed by atoms with Gasteiger partial charge in [-0.15, -0.1) is 0 Å². The summed E-state index contributed by atoms with van der Waals surface area (Å²) < 4.78 is 0. The molecule has 0 saturated carbocycles. The lowest BCUT2D eigenvalue weighted by molar-refractivity contribution is 0.0773. The highest BCUT2D eigenvalue weighted by molar-refractivity contribution is 7.99. The van der Waals surface area contributed by atoms with Gasteiger partial charge in [-0.05, 0) is 24.4 Å². The summed E-state index contributed by atoms with van der Waals surface area (Å²) in [6, 6.07) is 7.30. The minimum absolute atomic E-state index is 0.0367. The molecule has 0 spiro atoms. The van der Waals surface area contributed by atoms with Gasteiger partial charge in [0, 0.05) is 24.6 Å². The number of hydrogen-bond acceptors (Lipinski definition) is 3. The second-order valence-corrected chi connectivity index (χ2v) is 5.60. The molecule has 1 aliphatic heterocycles. The summed E-state index contributed by atoms with van der Waals surface area (Å²) in [5, 5.41) is 3.02. The number of nitrogens with two attached hydrogens (primary N) is 1. The molecule has 2 rings (SSSR count). The first-order chi connectivity index (χ1) is 8.68. The van der Waals surface area contributed by atoms with Gasteiger partial charge in [-0.1, -0.05) is 12.1 Å². The van der Waals surface area contributed by atoms with E-state index in [1.54, 1.807) is 6.07 Å².